The van der Waals surface area contributed by atoms with Crippen LogP contribution >= 0.6 is 0 Å². The Balaban J connectivity index is 1.43. The third-order valence-corrected chi connectivity index (χ3v) is 6.62. The summed E-state index contributed by atoms with van der Waals surface area (Å²) < 4.78 is 0. The summed E-state index contributed by atoms with van der Waals surface area (Å²) in [6, 6.07) is 7.84. The number of nitrogens with one attached hydrogen (secondary N) is 1. The number of carbonyl (C=O) groups is 1. The van der Waals surface area contributed by atoms with Crippen molar-refractivity contribution in [2.45, 2.75) is 69.9 Å². The van der Waals surface area contributed by atoms with Gasteiger partial charge in [0.2, 0.25) is 5.91 Å². The molecule has 2 fully saturated rings. The van der Waals surface area contributed by atoms with Gasteiger partial charge in [0.25, 0.3) is 0 Å². The Morgan fingerprint density at radius 1 is 1.19 bits per heavy atom. The fourth-order valence-corrected chi connectivity index (χ4v) is 5.25. The van der Waals surface area contributed by atoms with Crippen LogP contribution in [0.25, 0.3) is 0 Å². The number of fused-ring (bicyclic) bond motifs is 3. The van der Waals surface area contributed by atoms with E-state index in [1.54, 1.807) is 0 Å². The number of likely N-dealkylation sites (N-methyl/N-ethyl adjacent to an activating group) is 1. The molecule has 2 atom stereocenters. The zero-order chi connectivity index (χ0) is 18.1. The number of hydrogen-bond acceptors (Lipinski definition) is 3. The van der Waals surface area contributed by atoms with Gasteiger partial charge >= 0.3 is 0 Å². The lowest BCUT2D eigenvalue weighted by molar-refractivity contribution is -0.121. The van der Waals surface area contributed by atoms with E-state index in [-0.39, 0.29) is 5.91 Å². The zero-order valence-electron chi connectivity index (χ0n) is 16.3. The highest BCUT2D eigenvalue weighted by Gasteiger charge is 2.41. The number of nitrogens with zero attached hydrogens (tertiary/aromatic N) is 2. The van der Waals surface area contributed by atoms with Crippen LogP contribution < -0.4 is 10.2 Å². The average molecular weight is 356 g/mol. The second-order valence-electron chi connectivity index (χ2n) is 8.63. The van der Waals surface area contributed by atoms with Crippen molar-refractivity contribution in [3.05, 3.63) is 29.3 Å². The monoisotopic (exact) mass is 355 g/mol. The quantitative estimate of drug-likeness (QED) is 0.899. The molecule has 3 aliphatic rings. The summed E-state index contributed by atoms with van der Waals surface area (Å²) in [7, 11) is 2.23. The van der Waals surface area contributed by atoms with Gasteiger partial charge in [-0.1, -0.05) is 37.0 Å². The molecular weight excluding hydrogens is 322 g/mol. The van der Waals surface area contributed by atoms with Gasteiger partial charge in [-0.25, -0.2) is 0 Å². The summed E-state index contributed by atoms with van der Waals surface area (Å²) in [5, 5.41) is 3.28. The Kier molecular flexibility index (Phi) is 5.21. The lowest BCUT2D eigenvalue weighted by Crippen LogP contribution is -2.46. The first-order valence-electron chi connectivity index (χ1n) is 10.5. The SMILES string of the molecule is Cc1ccc2c(c1)C1CN(C)CCC1N2CCC(=O)NC1CCCCC1. The number of hydrogen-bond donors (Lipinski definition) is 1. The number of benzene rings is 1. The molecule has 4 heteroatoms. The molecule has 1 aromatic rings. The van der Waals surface area contributed by atoms with Gasteiger partial charge in [-0.05, 0) is 51.4 Å². The third-order valence-electron chi connectivity index (χ3n) is 6.62. The van der Waals surface area contributed by atoms with E-state index in [2.05, 4.69) is 47.3 Å². The molecule has 0 spiro atoms. The molecule has 26 heavy (non-hydrogen) atoms. The van der Waals surface area contributed by atoms with Crippen LogP contribution in [0.5, 0.6) is 0 Å². The van der Waals surface area contributed by atoms with Crippen molar-refractivity contribution >= 4 is 11.6 Å². The lowest BCUT2D eigenvalue weighted by Gasteiger charge is -2.37. The minimum absolute atomic E-state index is 0.238. The molecule has 0 aromatic heterocycles. The lowest BCUT2D eigenvalue weighted by atomic mass is 9.89. The van der Waals surface area contributed by atoms with Crippen LogP contribution in [-0.4, -0.2) is 49.6 Å². The molecule has 2 heterocycles. The van der Waals surface area contributed by atoms with Crippen molar-refractivity contribution in [2.24, 2.45) is 0 Å². The average Bonchev–Trinajstić information content (AvgIpc) is 2.93. The Morgan fingerprint density at radius 3 is 2.81 bits per heavy atom. The van der Waals surface area contributed by atoms with Crippen molar-refractivity contribution in [1.29, 1.82) is 0 Å². The van der Waals surface area contributed by atoms with Crippen molar-refractivity contribution in [1.82, 2.24) is 10.2 Å². The van der Waals surface area contributed by atoms with Crippen molar-refractivity contribution in [3.63, 3.8) is 0 Å². The van der Waals surface area contributed by atoms with E-state index >= 15 is 0 Å². The molecule has 1 amide bonds. The summed E-state index contributed by atoms with van der Waals surface area (Å²) in [6.07, 6.45) is 7.99. The Labute approximate surface area is 157 Å². The van der Waals surface area contributed by atoms with Gasteiger partial charge in [0.1, 0.15) is 0 Å². The number of amides is 1. The van der Waals surface area contributed by atoms with E-state index in [0.29, 0.717) is 24.4 Å². The topological polar surface area (TPSA) is 35.6 Å². The van der Waals surface area contributed by atoms with Crippen LogP contribution in [0.4, 0.5) is 5.69 Å². The fraction of sp³-hybridized carbons (Fsp3) is 0.682. The minimum atomic E-state index is 0.238. The zero-order valence-corrected chi connectivity index (χ0v) is 16.3. The largest absolute Gasteiger partial charge is 0.367 e. The first-order valence-corrected chi connectivity index (χ1v) is 10.5. The maximum absolute atomic E-state index is 12.5. The number of rotatable bonds is 4. The van der Waals surface area contributed by atoms with Gasteiger partial charge in [-0.2, -0.15) is 0 Å². The highest BCUT2D eigenvalue weighted by Crippen LogP contribution is 2.44. The second-order valence-corrected chi connectivity index (χ2v) is 8.63. The molecule has 0 radical (unpaired) electrons. The van der Waals surface area contributed by atoms with E-state index in [1.165, 1.54) is 42.5 Å². The van der Waals surface area contributed by atoms with Crippen molar-refractivity contribution in [2.75, 3.05) is 31.6 Å². The molecule has 4 rings (SSSR count). The van der Waals surface area contributed by atoms with Crippen LogP contribution in [0.2, 0.25) is 0 Å². The van der Waals surface area contributed by atoms with E-state index in [4.69, 9.17) is 0 Å². The summed E-state index contributed by atoms with van der Waals surface area (Å²) in [6.45, 7) is 5.31. The Hall–Kier alpha value is -1.55. The van der Waals surface area contributed by atoms with Crippen LogP contribution in [0.1, 0.15) is 62.0 Å². The van der Waals surface area contributed by atoms with Gasteiger partial charge < -0.3 is 15.1 Å². The highest BCUT2D eigenvalue weighted by molar-refractivity contribution is 5.77. The third kappa shape index (κ3) is 3.62. The van der Waals surface area contributed by atoms with E-state index in [1.807, 2.05) is 0 Å². The van der Waals surface area contributed by atoms with E-state index in [0.717, 1.165) is 32.5 Å². The van der Waals surface area contributed by atoms with E-state index in [9.17, 15) is 4.79 Å². The number of piperidine rings is 1. The molecular formula is C22H33N3O. The van der Waals surface area contributed by atoms with Gasteiger partial charge in [-0.3, -0.25) is 4.79 Å². The molecule has 0 bridgehead atoms. The van der Waals surface area contributed by atoms with Gasteiger partial charge in [0, 0.05) is 43.2 Å². The second kappa shape index (κ2) is 7.59. The van der Waals surface area contributed by atoms with Crippen molar-refractivity contribution in [3.8, 4) is 0 Å². The van der Waals surface area contributed by atoms with Crippen LogP contribution in [0, 0.1) is 6.92 Å². The Bertz CT molecular complexity index is 653. The summed E-state index contributed by atoms with van der Waals surface area (Å²) in [4.78, 5) is 17.5. The molecule has 142 valence electrons. The van der Waals surface area contributed by atoms with Crippen LogP contribution in [-0.2, 0) is 4.79 Å². The predicted molar refractivity (Wildman–Crippen MR) is 107 cm³/mol. The molecule has 1 N–H and O–H groups in total. The molecule has 1 aromatic carbocycles. The fourth-order valence-electron chi connectivity index (χ4n) is 5.25. The van der Waals surface area contributed by atoms with Gasteiger partial charge in [0.05, 0.1) is 0 Å². The molecule has 4 nitrogen and oxygen atoms in total. The predicted octanol–water partition coefficient (Wildman–Crippen LogP) is 3.44. The highest BCUT2D eigenvalue weighted by atomic mass is 16.1. The van der Waals surface area contributed by atoms with Crippen LogP contribution in [0.15, 0.2) is 18.2 Å². The van der Waals surface area contributed by atoms with Crippen LogP contribution in [0.3, 0.4) is 0 Å². The smallest absolute Gasteiger partial charge is 0.221 e. The standard InChI is InChI=1S/C22H33N3O/c1-16-8-9-20-18(14-16)19-15-24(2)12-10-21(19)25(20)13-11-22(26)23-17-6-4-3-5-7-17/h8-9,14,17,19,21H,3-7,10-13,15H2,1-2H3,(H,23,26). The number of likely N-dealkylation sites (tertiary alicyclic amines) is 1. The summed E-state index contributed by atoms with van der Waals surface area (Å²) >= 11 is 0. The van der Waals surface area contributed by atoms with E-state index < -0.39 is 0 Å². The summed E-state index contributed by atoms with van der Waals surface area (Å²) in [5.74, 6) is 0.826. The van der Waals surface area contributed by atoms with Gasteiger partial charge in [-0.15, -0.1) is 0 Å². The molecule has 1 saturated carbocycles. The molecule has 1 aliphatic carbocycles. The maximum Gasteiger partial charge on any atom is 0.221 e. The summed E-state index contributed by atoms with van der Waals surface area (Å²) in [5.41, 5.74) is 4.20. The normalized spacial score (nSPS) is 26.5. The van der Waals surface area contributed by atoms with Crippen molar-refractivity contribution < 1.29 is 4.79 Å². The molecule has 1 saturated heterocycles. The number of aryl methyl sites for hydroxylation is 1. The first-order chi connectivity index (χ1) is 12.6. The van der Waals surface area contributed by atoms with Gasteiger partial charge in [0.15, 0.2) is 0 Å². The number of anilines is 1. The maximum atomic E-state index is 12.5. The molecule has 2 aliphatic heterocycles. The Morgan fingerprint density at radius 2 is 2.00 bits per heavy atom. The minimum Gasteiger partial charge on any atom is -0.367 e. The number of carbonyl (C=O) groups excluding carboxylic acids is 1. The first kappa shape index (κ1) is 17.8. The molecule has 2 unspecified atom stereocenters.